The van der Waals surface area contributed by atoms with Crippen LogP contribution in [0.1, 0.15) is 213 Å². The van der Waals surface area contributed by atoms with E-state index >= 15 is 0 Å². The first kappa shape index (κ1) is 46.0. The van der Waals surface area contributed by atoms with E-state index in [0.29, 0.717) is 6.42 Å². The van der Waals surface area contributed by atoms with E-state index in [1.807, 2.05) is 0 Å². The molecule has 0 heterocycles. The Morgan fingerprint density at radius 1 is 0.468 bits per heavy atom. The van der Waals surface area contributed by atoms with Crippen molar-refractivity contribution in [2.75, 3.05) is 13.2 Å². The van der Waals surface area contributed by atoms with Gasteiger partial charge in [0.15, 0.2) is 6.10 Å². The van der Waals surface area contributed by atoms with Crippen molar-refractivity contribution in [2.45, 2.75) is 219 Å². The zero-order valence-corrected chi connectivity index (χ0v) is 31.6. The number of carbonyl (C=O) groups is 2. The van der Waals surface area contributed by atoms with Crippen molar-refractivity contribution >= 4 is 19.8 Å². The van der Waals surface area contributed by atoms with Crippen LogP contribution < -0.4 is 0 Å². The van der Waals surface area contributed by atoms with Crippen LogP contribution in [0.2, 0.25) is 0 Å². The summed E-state index contributed by atoms with van der Waals surface area (Å²) in [5.41, 5.74) is 0. The number of hydrogen-bond acceptors (Lipinski definition) is 6. The summed E-state index contributed by atoms with van der Waals surface area (Å²) in [6.45, 7) is 3.69. The summed E-state index contributed by atoms with van der Waals surface area (Å²) in [6, 6.07) is 0. The lowest BCUT2D eigenvalue weighted by molar-refractivity contribution is -0.161. The van der Waals surface area contributed by atoms with Gasteiger partial charge in [0, 0.05) is 12.8 Å². The van der Waals surface area contributed by atoms with E-state index in [1.54, 1.807) is 0 Å². The summed E-state index contributed by atoms with van der Waals surface area (Å²) in [5.74, 6) is -0.873. The van der Waals surface area contributed by atoms with Crippen LogP contribution in [-0.4, -0.2) is 41.0 Å². The van der Waals surface area contributed by atoms with Gasteiger partial charge >= 0.3 is 19.8 Å². The molecule has 0 aromatic carbocycles. The van der Waals surface area contributed by atoms with Gasteiger partial charge in [-0.15, -0.1) is 0 Å². The molecule has 280 valence electrons. The lowest BCUT2D eigenvalue weighted by Crippen LogP contribution is -2.29. The largest absolute Gasteiger partial charge is 0.469 e. The number of carbonyl (C=O) groups excluding carboxylic acids is 2. The summed E-state index contributed by atoms with van der Waals surface area (Å²) < 4.78 is 26.3. The van der Waals surface area contributed by atoms with E-state index < -0.39 is 32.5 Å². The van der Waals surface area contributed by atoms with Crippen molar-refractivity contribution in [1.82, 2.24) is 0 Å². The van der Waals surface area contributed by atoms with Crippen LogP contribution in [0.15, 0.2) is 0 Å². The average Bonchev–Trinajstić information content (AvgIpc) is 3.04. The van der Waals surface area contributed by atoms with Crippen molar-refractivity contribution < 1.29 is 37.9 Å². The number of hydrogen-bond donors (Lipinski definition) is 2. The molecule has 0 saturated heterocycles. The SMILES string of the molecule is CCCCCCCCCCCCCCCCCCCCCC(=O)OC(COC(=O)CCCCCCCCCCCC)COP(=O)(O)O. The second-order valence-corrected chi connectivity index (χ2v) is 14.9. The van der Waals surface area contributed by atoms with E-state index in [4.69, 9.17) is 19.3 Å². The average molecular weight is 691 g/mol. The minimum absolute atomic E-state index is 0.220. The van der Waals surface area contributed by atoms with E-state index in [0.717, 1.165) is 32.1 Å². The van der Waals surface area contributed by atoms with Crippen LogP contribution in [0.4, 0.5) is 0 Å². The molecule has 8 nitrogen and oxygen atoms in total. The fraction of sp³-hybridized carbons (Fsp3) is 0.947. The van der Waals surface area contributed by atoms with Crippen molar-refractivity contribution in [3.8, 4) is 0 Å². The molecule has 0 spiro atoms. The Morgan fingerprint density at radius 2 is 0.766 bits per heavy atom. The monoisotopic (exact) mass is 691 g/mol. The summed E-state index contributed by atoms with van der Waals surface area (Å²) in [4.78, 5) is 42.6. The number of phosphoric acid groups is 1. The van der Waals surface area contributed by atoms with Crippen LogP contribution in [0.5, 0.6) is 0 Å². The Morgan fingerprint density at radius 3 is 1.09 bits per heavy atom. The highest BCUT2D eigenvalue weighted by Gasteiger charge is 2.22. The second-order valence-electron chi connectivity index (χ2n) is 13.6. The smallest absolute Gasteiger partial charge is 0.462 e. The maximum Gasteiger partial charge on any atom is 0.469 e. The van der Waals surface area contributed by atoms with Gasteiger partial charge < -0.3 is 19.3 Å². The molecule has 0 aromatic rings. The van der Waals surface area contributed by atoms with E-state index in [1.165, 1.54) is 148 Å². The first-order valence-corrected chi connectivity index (χ1v) is 21.4. The van der Waals surface area contributed by atoms with Gasteiger partial charge in [0.25, 0.3) is 0 Å². The summed E-state index contributed by atoms with van der Waals surface area (Å²) in [6.07, 6.45) is 35.5. The molecule has 0 aliphatic carbocycles. The van der Waals surface area contributed by atoms with E-state index in [9.17, 15) is 14.2 Å². The first-order valence-electron chi connectivity index (χ1n) is 19.8. The van der Waals surface area contributed by atoms with Gasteiger partial charge in [-0.25, -0.2) is 4.57 Å². The minimum atomic E-state index is -4.74. The quantitative estimate of drug-likeness (QED) is 0.0375. The van der Waals surface area contributed by atoms with Crippen molar-refractivity contribution in [2.24, 2.45) is 0 Å². The Balaban J connectivity index is 3.84. The first-order chi connectivity index (χ1) is 22.8. The molecular weight excluding hydrogens is 615 g/mol. The molecule has 0 radical (unpaired) electrons. The number of esters is 2. The number of unbranched alkanes of at least 4 members (excludes halogenated alkanes) is 27. The maximum absolute atomic E-state index is 12.4. The van der Waals surface area contributed by atoms with Crippen LogP contribution in [-0.2, 0) is 28.2 Å². The highest BCUT2D eigenvalue weighted by Crippen LogP contribution is 2.36. The third kappa shape index (κ3) is 37.7. The summed E-state index contributed by atoms with van der Waals surface area (Å²) in [5, 5.41) is 0. The van der Waals surface area contributed by atoms with E-state index in [2.05, 4.69) is 18.4 Å². The zero-order valence-electron chi connectivity index (χ0n) is 30.7. The van der Waals surface area contributed by atoms with Gasteiger partial charge in [-0.3, -0.25) is 14.1 Å². The molecule has 2 N–H and O–H groups in total. The van der Waals surface area contributed by atoms with E-state index in [-0.39, 0.29) is 19.4 Å². The Hall–Kier alpha value is -0.950. The Labute approximate surface area is 289 Å². The van der Waals surface area contributed by atoms with Crippen molar-refractivity contribution in [1.29, 1.82) is 0 Å². The topological polar surface area (TPSA) is 119 Å². The molecule has 9 heteroatoms. The molecule has 47 heavy (non-hydrogen) atoms. The lowest BCUT2D eigenvalue weighted by atomic mass is 10.0. The van der Waals surface area contributed by atoms with Crippen molar-refractivity contribution in [3.05, 3.63) is 0 Å². The van der Waals surface area contributed by atoms with Gasteiger partial charge in [-0.05, 0) is 12.8 Å². The maximum atomic E-state index is 12.4. The number of phosphoric ester groups is 1. The molecule has 1 unspecified atom stereocenters. The molecule has 0 bridgehead atoms. The number of rotatable bonds is 37. The molecule has 0 amide bonds. The third-order valence-electron chi connectivity index (χ3n) is 8.88. The fourth-order valence-electron chi connectivity index (χ4n) is 5.90. The molecule has 0 saturated carbocycles. The predicted molar refractivity (Wildman–Crippen MR) is 193 cm³/mol. The van der Waals surface area contributed by atoms with Gasteiger partial charge in [0.2, 0.25) is 0 Å². The lowest BCUT2D eigenvalue weighted by Gasteiger charge is -2.18. The Kier molecular flexibility index (Phi) is 34.2. The minimum Gasteiger partial charge on any atom is -0.462 e. The van der Waals surface area contributed by atoms with Crippen LogP contribution in [0.3, 0.4) is 0 Å². The summed E-state index contributed by atoms with van der Waals surface area (Å²) in [7, 11) is -4.74. The molecule has 0 rings (SSSR count). The van der Waals surface area contributed by atoms with Crippen LogP contribution in [0.25, 0.3) is 0 Å². The van der Waals surface area contributed by atoms with Crippen LogP contribution in [0, 0.1) is 0 Å². The summed E-state index contributed by atoms with van der Waals surface area (Å²) >= 11 is 0. The molecule has 0 fully saturated rings. The molecule has 0 aliphatic heterocycles. The van der Waals surface area contributed by atoms with Gasteiger partial charge in [0.1, 0.15) is 6.61 Å². The molecule has 1 atom stereocenters. The number of ether oxygens (including phenoxy) is 2. The van der Waals surface area contributed by atoms with Gasteiger partial charge in [-0.1, -0.05) is 187 Å². The third-order valence-corrected chi connectivity index (χ3v) is 9.36. The molecular formula is C38H75O8P. The highest BCUT2D eigenvalue weighted by molar-refractivity contribution is 7.46. The molecule has 0 aliphatic rings. The zero-order chi connectivity index (χ0) is 34.7. The molecule has 0 aromatic heterocycles. The van der Waals surface area contributed by atoms with Gasteiger partial charge in [-0.2, -0.15) is 0 Å². The van der Waals surface area contributed by atoms with Gasteiger partial charge in [0.05, 0.1) is 6.61 Å². The normalized spacial score (nSPS) is 12.3. The van der Waals surface area contributed by atoms with Crippen LogP contribution >= 0.6 is 7.82 Å². The highest BCUT2D eigenvalue weighted by atomic mass is 31.2. The Bertz CT molecular complexity index is 741. The second kappa shape index (κ2) is 34.9. The van der Waals surface area contributed by atoms with Crippen molar-refractivity contribution in [3.63, 3.8) is 0 Å². The standard InChI is InChI=1S/C38H75O8P/c1-3-5-7-9-11-13-15-16-17-18-19-20-21-22-23-25-27-29-31-33-38(40)46-36(35-45-47(41,42)43)34-44-37(39)32-30-28-26-24-14-12-10-8-6-4-2/h36H,3-35H2,1-2H3,(H2,41,42,43). The fourth-order valence-corrected chi connectivity index (χ4v) is 6.26. The predicted octanol–water partition coefficient (Wildman–Crippen LogP) is 11.7.